The fraction of sp³-hybridized carbons (Fsp3) is 0.158. The minimum absolute atomic E-state index is 0.0957. The Bertz CT molecular complexity index is 1700. The number of ether oxygens (including phenoxy) is 1. The van der Waals surface area contributed by atoms with Crippen LogP contribution in [0.4, 0.5) is 5.69 Å². The van der Waals surface area contributed by atoms with Gasteiger partial charge in [-0.05, 0) is 62.4 Å². The Kier molecular flexibility index (Phi) is 9.68. The summed E-state index contributed by atoms with van der Waals surface area (Å²) in [5, 5.41) is 2.89. The molecule has 1 N–H and O–H groups in total. The average molecular weight is 661 g/mol. The van der Waals surface area contributed by atoms with Crippen LogP contribution in [0.25, 0.3) is 11.1 Å². The molecule has 1 heterocycles. The van der Waals surface area contributed by atoms with Gasteiger partial charge >= 0.3 is 0 Å². The minimum Gasteiger partial charge on any atom is -0.483 e. The van der Waals surface area contributed by atoms with Gasteiger partial charge in [0.15, 0.2) is 6.61 Å². The van der Waals surface area contributed by atoms with E-state index in [4.69, 9.17) is 4.74 Å². The number of hydrogen-bond acceptors (Lipinski definition) is 4. The topological polar surface area (TPSA) is 61.9 Å². The van der Waals surface area contributed by atoms with Crippen LogP contribution in [0.3, 0.4) is 0 Å². The maximum absolute atomic E-state index is 13.7. The Labute approximate surface area is 272 Å². The summed E-state index contributed by atoms with van der Waals surface area (Å²) in [5.41, 5.74) is 5.55. The molecule has 1 aliphatic rings. The lowest BCUT2D eigenvalue weighted by Crippen LogP contribution is -2.50. The molecule has 6 nitrogen and oxygen atoms in total. The Hall–Kier alpha value is -4.72. The van der Waals surface area contributed by atoms with E-state index in [9.17, 15) is 9.59 Å². The Balaban J connectivity index is 1.08. The standard InChI is InChI=1S/C38H34BrN3O3/c39-33-26-31(28-12-4-1-5-13-28)20-21-35(33)45-27-36(43)40-34-19-11-10-18-32(34)38(44)42-24-22-41(23-25-42)37(29-14-6-2-7-15-29)30-16-8-3-9-17-30/h1-21,26,37H,22-25,27H2,(H,40,43). The van der Waals surface area contributed by atoms with Crippen LogP contribution in [0.2, 0.25) is 0 Å². The smallest absolute Gasteiger partial charge is 0.262 e. The first-order chi connectivity index (χ1) is 22.1. The summed E-state index contributed by atoms with van der Waals surface area (Å²) >= 11 is 3.57. The van der Waals surface area contributed by atoms with E-state index < -0.39 is 0 Å². The SMILES string of the molecule is O=C(COc1ccc(-c2ccccc2)cc1Br)Nc1ccccc1C(=O)N1CCN(C(c2ccccc2)c2ccccc2)CC1. The molecule has 0 atom stereocenters. The average Bonchev–Trinajstić information content (AvgIpc) is 3.09. The molecule has 1 fully saturated rings. The molecule has 0 saturated carbocycles. The number of piperazine rings is 1. The zero-order chi connectivity index (χ0) is 31.0. The van der Waals surface area contributed by atoms with Crippen LogP contribution in [0.1, 0.15) is 27.5 Å². The predicted molar refractivity (Wildman–Crippen MR) is 182 cm³/mol. The van der Waals surface area contributed by atoms with Crippen molar-refractivity contribution in [1.82, 2.24) is 9.80 Å². The maximum Gasteiger partial charge on any atom is 0.262 e. The highest BCUT2D eigenvalue weighted by molar-refractivity contribution is 9.10. The van der Waals surface area contributed by atoms with Gasteiger partial charge in [-0.15, -0.1) is 0 Å². The Morgan fingerprint density at radius 3 is 1.89 bits per heavy atom. The van der Waals surface area contributed by atoms with Crippen LogP contribution in [0.15, 0.2) is 138 Å². The Morgan fingerprint density at radius 1 is 0.689 bits per heavy atom. The molecule has 0 bridgehead atoms. The second kappa shape index (κ2) is 14.4. The number of carbonyl (C=O) groups excluding carboxylic acids is 2. The van der Waals surface area contributed by atoms with Crippen molar-refractivity contribution >= 4 is 33.4 Å². The van der Waals surface area contributed by atoms with Gasteiger partial charge in [0.25, 0.3) is 11.8 Å². The van der Waals surface area contributed by atoms with Crippen molar-refractivity contribution < 1.29 is 14.3 Å². The van der Waals surface area contributed by atoms with Gasteiger partial charge in [-0.3, -0.25) is 14.5 Å². The van der Waals surface area contributed by atoms with Crippen LogP contribution < -0.4 is 10.1 Å². The molecule has 45 heavy (non-hydrogen) atoms. The van der Waals surface area contributed by atoms with Crippen molar-refractivity contribution in [2.24, 2.45) is 0 Å². The zero-order valence-corrected chi connectivity index (χ0v) is 26.4. The number of amides is 2. The fourth-order valence-electron chi connectivity index (χ4n) is 5.77. The summed E-state index contributed by atoms with van der Waals surface area (Å²) in [7, 11) is 0. The highest BCUT2D eigenvalue weighted by atomic mass is 79.9. The van der Waals surface area contributed by atoms with E-state index in [-0.39, 0.29) is 24.5 Å². The molecule has 0 aliphatic carbocycles. The van der Waals surface area contributed by atoms with Crippen molar-refractivity contribution in [1.29, 1.82) is 0 Å². The third-order valence-corrected chi connectivity index (χ3v) is 8.65. The van der Waals surface area contributed by atoms with E-state index in [1.54, 1.807) is 12.1 Å². The quantitative estimate of drug-likeness (QED) is 0.176. The second-order valence-electron chi connectivity index (χ2n) is 10.9. The third kappa shape index (κ3) is 7.33. The molecule has 2 amide bonds. The zero-order valence-electron chi connectivity index (χ0n) is 24.8. The van der Waals surface area contributed by atoms with Gasteiger partial charge in [-0.1, -0.05) is 109 Å². The number of benzene rings is 5. The van der Waals surface area contributed by atoms with Crippen molar-refractivity contribution in [3.8, 4) is 16.9 Å². The first-order valence-electron chi connectivity index (χ1n) is 15.1. The first-order valence-corrected chi connectivity index (χ1v) is 15.9. The number of hydrogen-bond donors (Lipinski definition) is 1. The van der Waals surface area contributed by atoms with E-state index >= 15 is 0 Å². The third-order valence-electron chi connectivity index (χ3n) is 8.03. The molecule has 226 valence electrons. The van der Waals surface area contributed by atoms with Gasteiger partial charge < -0.3 is 15.0 Å². The molecule has 1 saturated heterocycles. The van der Waals surface area contributed by atoms with Crippen molar-refractivity contribution in [3.63, 3.8) is 0 Å². The van der Waals surface area contributed by atoms with Crippen molar-refractivity contribution in [2.45, 2.75) is 6.04 Å². The van der Waals surface area contributed by atoms with Crippen molar-refractivity contribution in [3.05, 3.63) is 155 Å². The van der Waals surface area contributed by atoms with Crippen molar-refractivity contribution in [2.75, 3.05) is 38.1 Å². The molecule has 0 spiro atoms. The van der Waals surface area contributed by atoms with Gasteiger partial charge in [-0.25, -0.2) is 0 Å². The Morgan fingerprint density at radius 2 is 1.27 bits per heavy atom. The lowest BCUT2D eigenvalue weighted by atomic mass is 9.96. The molecule has 1 aliphatic heterocycles. The van der Waals surface area contributed by atoms with Crippen LogP contribution >= 0.6 is 15.9 Å². The number of anilines is 1. The molecule has 0 radical (unpaired) electrons. The summed E-state index contributed by atoms with van der Waals surface area (Å²) in [6, 6.07) is 44.1. The first kappa shape index (κ1) is 30.3. The monoisotopic (exact) mass is 659 g/mol. The molecule has 7 heteroatoms. The number of para-hydroxylation sites is 1. The summed E-state index contributed by atoms with van der Waals surface area (Å²) in [6.07, 6.45) is 0. The van der Waals surface area contributed by atoms with E-state index in [2.05, 4.69) is 74.7 Å². The molecular weight excluding hydrogens is 626 g/mol. The number of carbonyl (C=O) groups is 2. The summed E-state index contributed by atoms with van der Waals surface area (Å²) in [6.45, 7) is 2.46. The van der Waals surface area contributed by atoms with Crippen LogP contribution in [0, 0.1) is 0 Å². The largest absolute Gasteiger partial charge is 0.483 e. The van der Waals surface area contributed by atoms with Gasteiger partial charge in [0.1, 0.15) is 5.75 Å². The van der Waals surface area contributed by atoms with Gasteiger partial charge in [0.05, 0.1) is 21.8 Å². The summed E-state index contributed by atoms with van der Waals surface area (Å²) in [5.74, 6) is 0.130. The minimum atomic E-state index is -0.340. The molecule has 5 aromatic carbocycles. The lowest BCUT2D eigenvalue weighted by molar-refractivity contribution is -0.118. The van der Waals surface area contributed by atoms with Gasteiger partial charge in [0.2, 0.25) is 0 Å². The lowest BCUT2D eigenvalue weighted by Gasteiger charge is -2.40. The second-order valence-corrected chi connectivity index (χ2v) is 11.8. The van der Waals surface area contributed by atoms with Crippen LogP contribution in [-0.4, -0.2) is 54.4 Å². The summed E-state index contributed by atoms with van der Waals surface area (Å²) in [4.78, 5) is 31.0. The predicted octanol–water partition coefficient (Wildman–Crippen LogP) is 7.68. The molecule has 0 unspecified atom stereocenters. The molecule has 0 aromatic heterocycles. The number of nitrogens with one attached hydrogen (secondary N) is 1. The summed E-state index contributed by atoms with van der Waals surface area (Å²) < 4.78 is 6.58. The molecular formula is C38H34BrN3O3. The molecule has 5 aromatic rings. The fourth-order valence-corrected chi connectivity index (χ4v) is 6.27. The maximum atomic E-state index is 13.7. The van der Waals surface area contributed by atoms with Gasteiger partial charge in [-0.2, -0.15) is 0 Å². The highest BCUT2D eigenvalue weighted by Crippen LogP contribution is 2.32. The van der Waals surface area contributed by atoms with E-state index in [0.717, 1.165) is 28.7 Å². The van der Waals surface area contributed by atoms with Crippen LogP contribution in [-0.2, 0) is 4.79 Å². The molecule has 6 rings (SSSR count). The number of nitrogens with zero attached hydrogens (tertiary/aromatic N) is 2. The van der Waals surface area contributed by atoms with E-state index in [1.807, 2.05) is 77.7 Å². The number of halogens is 1. The van der Waals surface area contributed by atoms with E-state index in [0.29, 0.717) is 30.1 Å². The highest BCUT2D eigenvalue weighted by Gasteiger charge is 2.29. The van der Waals surface area contributed by atoms with Gasteiger partial charge in [0, 0.05) is 26.2 Å². The van der Waals surface area contributed by atoms with E-state index in [1.165, 1.54) is 11.1 Å². The van der Waals surface area contributed by atoms with Crippen LogP contribution in [0.5, 0.6) is 5.75 Å². The number of rotatable bonds is 9. The normalized spacial score (nSPS) is 13.4.